The quantitative estimate of drug-likeness (QED) is 0.714. The molecule has 0 aliphatic heterocycles. The average Bonchev–Trinajstić information content (AvgIpc) is 2.56. The lowest BCUT2D eigenvalue weighted by atomic mass is 10.1. The highest BCUT2D eigenvalue weighted by Crippen LogP contribution is 2.22. The van der Waals surface area contributed by atoms with Crippen molar-refractivity contribution in [2.45, 2.75) is 32.8 Å². The van der Waals surface area contributed by atoms with Gasteiger partial charge in [-0.25, -0.2) is 0 Å². The van der Waals surface area contributed by atoms with E-state index in [1.165, 1.54) is 0 Å². The minimum atomic E-state index is -0.564. The zero-order valence-electron chi connectivity index (χ0n) is 13.8. The molecule has 1 amide bonds. The van der Waals surface area contributed by atoms with Crippen LogP contribution >= 0.6 is 23.2 Å². The Balaban J connectivity index is 1.75. The van der Waals surface area contributed by atoms with Crippen molar-refractivity contribution < 1.29 is 9.53 Å². The lowest BCUT2D eigenvalue weighted by molar-refractivity contribution is -0.127. The van der Waals surface area contributed by atoms with E-state index < -0.39 is 6.10 Å². The predicted molar refractivity (Wildman–Crippen MR) is 99.1 cm³/mol. The van der Waals surface area contributed by atoms with Crippen LogP contribution in [-0.4, -0.2) is 18.6 Å². The molecule has 5 heteroatoms. The molecule has 0 aliphatic carbocycles. The molecule has 2 rings (SSSR count). The number of hydrogen-bond donors (Lipinski definition) is 1. The molecule has 0 fully saturated rings. The normalized spacial score (nSPS) is 11.8. The van der Waals surface area contributed by atoms with Gasteiger partial charge in [0.25, 0.3) is 5.91 Å². The average molecular weight is 366 g/mol. The van der Waals surface area contributed by atoms with Crippen LogP contribution in [0.5, 0.6) is 5.75 Å². The number of carbonyl (C=O) groups is 1. The summed E-state index contributed by atoms with van der Waals surface area (Å²) in [7, 11) is 0. The van der Waals surface area contributed by atoms with E-state index in [-0.39, 0.29) is 5.91 Å². The first-order valence-corrected chi connectivity index (χ1v) is 8.67. The van der Waals surface area contributed by atoms with E-state index in [1.807, 2.05) is 37.3 Å². The van der Waals surface area contributed by atoms with Crippen LogP contribution in [0.2, 0.25) is 10.0 Å². The molecule has 2 aromatic rings. The number of ether oxygens (including phenoxy) is 1. The van der Waals surface area contributed by atoms with Gasteiger partial charge in [-0.2, -0.15) is 0 Å². The van der Waals surface area contributed by atoms with E-state index in [0.717, 1.165) is 29.0 Å². The number of rotatable bonds is 7. The van der Waals surface area contributed by atoms with Crippen molar-refractivity contribution >= 4 is 29.1 Å². The third-order valence-corrected chi connectivity index (χ3v) is 4.48. The number of nitrogens with one attached hydrogen (secondary N) is 1. The molecule has 0 unspecified atom stereocenters. The first kappa shape index (κ1) is 18.6. The number of carbonyl (C=O) groups excluding carboxylic acids is 1. The Labute approximate surface area is 152 Å². The fourth-order valence-electron chi connectivity index (χ4n) is 2.28. The smallest absolute Gasteiger partial charge is 0.260 e. The molecule has 128 valence electrons. The van der Waals surface area contributed by atoms with Gasteiger partial charge in [0.2, 0.25) is 0 Å². The molecule has 0 aromatic heterocycles. The van der Waals surface area contributed by atoms with Crippen molar-refractivity contribution in [3.63, 3.8) is 0 Å². The SMILES string of the molecule is Cc1cc(O[C@@H](C)C(=O)NCCCc2ccccc2Cl)ccc1Cl. The largest absolute Gasteiger partial charge is 0.481 e. The van der Waals surface area contributed by atoms with Gasteiger partial charge in [0.05, 0.1) is 0 Å². The molecule has 2 aromatic carbocycles. The number of aryl methyl sites for hydroxylation is 2. The van der Waals surface area contributed by atoms with Gasteiger partial charge >= 0.3 is 0 Å². The Morgan fingerprint density at radius 1 is 1.17 bits per heavy atom. The van der Waals surface area contributed by atoms with Crippen molar-refractivity contribution in [1.29, 1.82) is 0 Å². The van der Waals surface area contributed by atoms with Gasteiger partial charge in [-0.15, -0.1) is 0 Å². The van der Waals surface area contributed by atoms with Gasteiger partial charge in [-0.05, 0) is 62.1 Å². The van der Waals surface area contributed by atoms with Gasteiger partial charge in [0.15, 0.2) is 6.10 Å². The summed E-state index contributed by atoms with van der Waals surface area (Å²) in [6.45, 7) is 4.21. The zero-order valence-corrected chi connectivity index (χ0v) is 15.3. The van der Waals surface area contributed by atoms with Crippen LogP contribution in [0, 0.1) is 6.92 Å². The molecule has 1 atom stereocenters. The summed E-state index contributed by atoms with van der Waals surface area (Å²) in [5.74, 6) is 0.498. The predicted octanol–water partition coefficient (Wildman–Crippen LogP) is 4.82. The molecule has 0 saturated carbocycles. The number of benzene rings is 2. The van der Waals surface area contributed by atoms with E-state index in [2.05, 4.69) is 5.32 Å². The van der Waals surface area contributed by atoms with E-state index in [9.17, 15) is 4.79 Å². The Hall–Kier alpha value is -1.71. The van der Waals surface area contributed by atoms with E-state index in [1.54, 1.807) is 19.1 Å². The summed E-state index contributed by atoms with van der Waals surface area (Å²) in [6, 6.07) is 13.1. The summed E-state index contributed by atoms with van der Waals surface area (Å²) in [5, 5.41) is 4.33. The molecular formula is C19H21Cl2NO2. The first-order chi connectivity index (χ1) is 11.5. The number of halogens is 2. The van der Waals surface area contributed by atoms with E-state index in [4.69, 9.17) is 27.9 Å². The zero-order chi connectivity index (χ0) is 17.5. The molecule has 0 spiro atoms. The third-order valence-electron chi connectivity index (χ3n) is 3.69. The highest BCUT2D eigenvalue weighted by molar-refractivity contribution is 6.31. The Morgan fingerprint density at radius 2 is 1.92 bits per heavy atom. The van der Waals surface area contributed by atoms with Crippen LogP contribution < -0.4 is 10.1 Å². The standard InChI is InChI=1S/C19H21Cl2NO2/c1-13-12-16(9-10-17(13)20)24-14(2)19(23)22-11-5-7-15-6-3-4-8-18(15)21/h3-4,6,8-10,12,14H,5,7,11H2,1-2H3,(H,22,23)/t14-/m0/s1. The Kier molecular flexibility index (Phi) is 6.95. The molecule has 24 heavy (non-hydrogen) atoms. The maximum Gasteiger partial charge on any atom is 0.260 e. The maximum absolute atomic E-state index is 12.1. The second kappa shape index (κ2) is 8.95. The van der Waals surface area contributed by atoms with Gasteiger partial charge < -0.3 is 10.1 Å². The number of amides is 1. The molecule has 3 nitrogen and oxygen atoms in total. The molecular weight excluding hydrogens is 345 g/mol. The second-order valence-corrected chi connectivity index (χ2v) is 6.47. The lowest BCUT2D eigenvalue weighted by Crippen LogP contribution is -2.36. The minimum absolute atomic E-state index is 0.137. The maximum atomic E-state index is 12.1. The molecule has 0 saturated heterocycles. The second-order valence-electron chi connectivity index (χ2n) is 5.66. The van der Waals surface area contributed by atoms with Crippen molar-refractivity contribution in [3.05, 3.63) is 63.6 Å². The highest BCUT2D eigenvalue weighted by atomic mass is 35.5. The van der Waals surface area contributed by atoms with Crippen LogP contribution in [-0.2, 0) is 11.2 Å². The Morgan fingerprint density at radius 3 is 2.62 bits per heavy atom. The van der Waals surface area contributed by atoms with Crippen LogP contribution in [0.25, 0.3) is 0 Å². The summed E-state index contributed by atoms with van der Waals surface area (Å²) >= 11 is 12.1. The lowest BCUT2D eigenvalue weighted by Gasteiger charge is -2.15. The monoisotopic (exact) mass is 365 g/mol. The molecule has 0 radical (unpaired) electrons. The van der Waals surface area contributed by atoms with E-state index >= 15 is 0 Å². The van der Waals surface area contributed by atoms with Crippen molar-refractivity contribution in [2.24, 2.45) is 0 Å². The molecule has 1 N–H and O–H groups in total. The van der Waals surface area contributed by atoms with Crippen molar-refractivity contribution in [2.75, 3.05) is 6.54 Å². The molecule has 0 aliphatic rings. The highest BCUT2D eigenvalue weighted by Gasteiger charge is 2.14. The van der Waals surface area contributed by atoms with Crippen LogP contribution in [0.3, 0.4) is 0 Å². The van der Waals surface area contributed by atoms with Crippen molar-refractivity contribution in [3.8, 4) is 5.75 Å². The van der Waals surface area contributed by atoms with Crippen LogP contribution in [0.1, 0.15) is 24.5 Å². The first-order valence-electron chi connectivity index (χ1n) is 7.91. The topological polar surface area (TPSA) is 38.3 Å². The summed E-state index contributed by atoms with van der Waals surface area (Å²) < 4.78 is 5.65. The van der Waals surface area contributed by atoms with Crippen molar-refractivity contribution in [1.82, 2.24) is 5.32 Å². The van der Waals surface area contributed by atoms with Gasteiger partial charge in [-0.1, -0.05) is 41.4 Å². The summed E-state index contributed by atoms with van der Waals surface area (Å²) in [5.41, 5.74) is 2.01. The molecule has 0 bridgehead atoms. The summed E-state index contributed by atoms with van der Waals surface area (Å²) in [6.07, 6.45) is 1.08. The number of hydrogen-bond acceptors (Lipinski definition) is 2. The van der Waals surface area contributed by atoms with Gasteiger partial charge in [0, 0.05) is 16.6 Å². The fourth-order valence-corrected chi connectivity index (χ4v) is 2.63. The Bertz CT molecular complexity index is 704. The van der Waals surface area contributed by atoms with Gasteiger partial charge in [0.1, 0.15) is 5.75 Å². The fraction of sp³-hybridized carbons (Fsp3) is 0.316. The van der Waals surface area contributed by atoms with E-state index in [0.29, 0.717) is 17.3 Å². The molecule has 0 heterocycles. The van der Waals surface area contributed by atoms with Crippen LogP contribution in [0.4, 0.5) is 0 Å². The summed E-state index contributed by atoms with van der Waals surface area (Å²) in [4.78, 5) is 12.1. The van der Waals surface area contributed by atoms with Gasteiger partial charge in [-0.3, -0.25) is 4.79 Å². The minimum Gasteiger partial charge on any atom is -0.481 e. The third kappa shape index (κ3) is 5.43. The van der Waals surface area contributed by atoms with Crippen LogP contribution in [0.15, 0.2) is 42.5 Å².